The van der Waals surface area contributed by atoms with E-state index >= 15 is 0 Å². The molecule has 0 N–H and O–H groups in total. The van der Waals surface area contributed by atoms with E-state index < -0.39 is 0 Å². The number of piperidine rings is 2. The zero-order valence-electron chi connectivity index (χ0n) is 8.04. The zero-order valence-corrected chi connectivity index (χ0v) is 9.62. The van der Waals surface area contributed by atoms with Crippen LogP contribution in [-0.4, -0.2) is 29.9 Å². The van der Waals surface area contributed by atoms with E-state index in [9.17, 15) is 0 Å². The number of fused-ring (bicyclic) bond motifs is 1. The van der Waals surface area contributed by atoms with Crippen molar-refractivity contribution in [3.8, 4) is 0 Å². The van der Waals surface area contributed by atoms with Crippen LogP contribution in [0.3, 0.4) is 0 Å². The Balaban J connectivity index is 0.000000845. The first-order chi connectivity index (χ1) is 5.92. The van der Waals surface area contributed by atoms with Crippen molar-refractivity contribution in [3.05, 3.63) is 0 Å². The van der Waals surface area contributed by atoms with E-state index in [2.05, 4.69) is 4.90 Å². The van der Waals surface area contributed by atoms with Crippen LogP contribution in [0, 0.1) is 5.92 Å². The van der Waals surface area contributed by atoms with Gasteiger partial charge in [0.05, 0.1) is 0 Å². The van der Waals surface area contributed by atoms with Gasteiger partial charge in [-0.1, -0.05) is 6.42 Å². The molecule has 0 aromatic carbocycles. The molecule has 0 aromatic rings. The topological polar surface area (TPSA) is 3.24 Å². The summed E-state index contributed by atoms with van der Waals surface area (Å²) in [7, 11) is 0. The lowest BCUT2D eigenvalue weighted by atomic mass is 9.85. The highest BCUT2D eigenvalue weighted by Crippen LogP contribution is 2.31. The van der Waals surface area contributed by atoms with Gasteiger partial charge in [0.2, 0.25) is 0 Å². The van der Waals surface area contributed by atoms with E-state index in [0.717, 1.165) is 17.8 Å². The fourth-order valence-electron chi connectivity index (χ4n) is 2.76. The first kappa shape index (κ1) is 11.6. The third-order valence-electron chi connectivity index (χ3n) is 3.43. The molecule has 0 amide bonds. The van der Waals surface area contributed by atoms with Crippen LogP contribution in [0.4, 0.5) is 0 Å². The minimum Gasteiger partial charge on any atom is -0.300 e. The van der Waals surface area contributed by atoms with Gasteiger partial charge in [-0.15, -0.1) is 24.0 Å². The highest BCUT2D eigenvalue weighted by Gasteiger charge is 2.31. The van der Waals surface area contributed by atoms with Gasteiger partial charge in [0.1, 0.15) is 0 Å². The first-order valence-electron chi connectivity index (χ1n) is 5.22. The first-order valence-corrected chi connectivity index (χ1v) is 5.75. The molecular formula is C10H19Cl2N. The summed E-state index contributed by atoms with van der Waals surface area (Å²) in [6.07, 6.45) is 6.97. The van der Waals surface area contributed by atoms with Crippen molar-refractivity contribution in [2.75, 3.05) is 19.0 Å². The predicted octanol–water partition coefficient (Wildman–Crippen LogP) is 2.91. The van der Waals surface area contributed by atoms with Crippen molar-refractivity contribution in [2.45, 2.75) is 38.1 Å². The van der Waals surface area contributed by atoms with Gasteiger partial charge in [0.25, 0.3) is 0 Å². The normalized spacial score (nSPS) is 34.8. The Morgan fingerprint density at radius 1 is 1.08 bits per heavy atom. The molecule has 2 rings (SSSR count). The summed E-state index contributed by atoms with van der Waals surface area (Å²) in [6.45, 7) is 2.66. The average Bonchev–Trinajstić information content (AvgIpc) is 2.17. The SMILES string of the molecule is Cl.ClC[C@@H]1CCCN2CCCC[C@H]12. The lowest BCUT2D eigenvalue weighted by molar-refractivity contribution is 0.0688. The standard InChI is InChI=1S/C10H18ClN.ClH/c11-8-9-4-3-7-12-6-2-1-5-10(9)12;/h9-10H,1-8H2;1H/t9-,10+;/m0./s1. The average molecular weight is 224 g/mol. The number of alkyl halides is 1. The Morgan fingerprint density at radius 3 is 2.62 bits per heavy atom. The molecule has 0 saturated carbocycles. The fourth-order valence-corrected chi connectivity index (χ4v) is 3.12. The van der Waals surface area contributed by atoms with Crippen LogP contribution in [-0.2, 0) is 0 Å². The lowest BCUT2D eigenvalue weighted by Gasteiger charge is -2.43. The van der Waals surface area contributed by atoms with Crippen LogP contribution in [0.25, 0.3) is 0 Å². The Bertz CT molecular complexity index is 143. The molecular weight excluding hydrogens is 205 g/mol. The smallest absolute Gasteiger partial charge is 0.0266 e. The van der Waals surface area contributed by atoms with E-state index in [0.29, 0.717) is 0 Å². The summed E-state index contributed by atoms with van der Waals surface area (Å²) < 4.78 is 0. The molecule has 0 radical (unpaired) electrons. The third-order valence-corrected chi connectivity index (χ3v) is 3.82. The van der Waals surface area contributed by atoms with E-state index in [1.807, 2.05) is 0 Å². The van der Waals surface area contributed by atoms with E-state index in [1.54, 1.807) is 0 Å². The summed E-state index contributed by atoms with van der Waals surface area (Å²) >= 11 is 5.97. The molecule has 0 bridgehead atoms. The van der Waals surface area contributed by atoms with Gasteiger partial charge in [0.15, 0.2) is 0 Å². The molecule has 2 atom stereocenters. The largest absolute Gasteiger partial charge is 0.300 e. The van der Waals surface area contributed by atoms with Crippen molar-refractivity contribution < 1.29 is 0 Å². The lowest BCUT2D eigenvalue weighted by Crippen LogP contribution is -2.48. The van der Waals surface area contributed by atoms with E-state index in [4.69, 9.17) is 11.6 Å². The van der Waals surface area contributed by atoms with Crippen molar-refractivity contribution >= 4 is 24.0 Å². The Morgan fingerprint density at radius 2 is 1.85 bits per heavy atom. The molecule has 0 aromatic heterocycles. The van der Waals surface area contributed by atoms with Crippen molar-refractivity contribution in [1.29, 1.82) is 0 Å². The quantitative estimate of drug-likeness (QED) is 0.619. The van der Waals surface area contributed by atoms with Gasteiger partial charge >= 0.3 is 0 Å². The Kier molecular flexibility index (Phi) is 4.85. The van der Waals surface area contributed by atoms with Gasteiger partial charge in [-0.25, -0.2) is 0 Å². The van der Waals surface area contributed by atoms with Crippen LogP contribution in [0.5, 0.6) is 0 Å². The number of nitrogens with zero attached hydrogens (tertiary/aromatic N) is 1. The maximum absolute atomic E-state index is 5.97. The summed E-state index contributed by atoms with van der Waals surface area (Å²) in [6, 6.07) is 0.838. The van der Waals surface area contributed by atoms with Crippen molar-refractivity contribution in [3.63, 3.8) is 0 Å². The number of hydrogen-bond acceptors (Lipinski definition) is 1. The van der Waals surface area contributed by atoms with Gasteiger partial charge in [0, 0.05) is 11.9 Å². The molecule has 0 unspecified atom stereocenters. The highest BCUT2D eigenvalue weighted by atomic mass is 35.5. The second-order valence-electron chi connectivity index (χ2n) is 4.16. The molecule has 13 heavy (non-hydrogen) atoms. The van der Waals surface area contributed by atoms with Crippen LogP contribution in [0.2, 0.25) is 0 Å². The number of halogens is 2. The van der Waals surface area contributed by atoms with E-state index in [-0.39, 0.29) is 12.4 Å². The Labute approximate surface area is 92.2 Å². The van der Waals surface area contributed by atoms with Gasteiger partial charge in [-0.2, -0.15) is 0 Å². The highest BCUT2D eigenvalue weighted by molar-refractivity contribution is 6.18. The number of rotatable bonds is 1. The van der Waals surface area contributed by atoms with E-state index in [1.165, 1.54) is 45.2 Å². The maximum Gasteiger partial charge on any atom is 0.0266 e. The molecule has 0 aliphatic carbocycles. The van der Waals surface area contributed by atoms with Gasteiger partial charge in [-0.05, 0) is 44.7 Å². The predicted molar refractivity (Wildman–Crippen MR) is 59.9 cm³/mol. The molecule has 2 saturated heterocycles. The monoisotopic (exact) mass is 223 g/mol. The molecule has 78 valence electrons. The van der Waals surface area contributed by atoms with Crippen LogP contribution >= 0.6 is 24.0 Å². The summed E-state index contributed by atoms with van der Waals surface area (Å²) in [4.78, 5) is 2.67. The third kappa shape index (κ3) is 2.51. The van der Waals surface area contributed by atoms with Gasteiger partial charge in [-0.3, -0.25) is 0 Å². The maximum atomic E-state index is 5.97. The molecule has 1 nitrogen and oxygen atoms in total. The van der Waals surface area contributed by atoms with Crippen LogP contribution in [0.15, 0.2) is 0 Å². The molecule has 3 heteroatoms. The number of hydrogen-bond donors (Lipinski definition) is 0. The fraction of sp³-hybridized carbons (Fsp3) is 1.00. The minimum atomic E-state index is 0. The summed E-state index contributed by atoms with van der Waals surface area (Å²) in [5.74, 6) is 1.67. The molecule has 2 aliphatic heterocycles. The van der Waals surface area contributed by atoms with Crippen molar-refractivity contribution in [2.24, 2.45) is 5.92 Å². The second kappa shape index (κ2) is 5.43. The Hall–Kier alpha value is 0.540. The van der Waals surface area contributed by atoms with Gasteiger partial charge < -0.3 is 4.90 Å². The zero-order chi connectivity index (χ0) is 8.39. The minimum absolute atomic E-state index is 0. The van der Waals surface area contributed by atoms with Crippen molar-refractivity contribution in [1.82, 2.24) is 4.90 Å². The molecule has 2 fully saturated rings. The molecule has 2 heterocycles. The van der Waals surface area contributed by atoms with Crippen LogP contribution < -0.4 is 0 Å². The van der Waals surface area contributed by atoms with Crippen LogP contribution in [0.1, 0.15) is 32.1 Å². The summed E-state index contributed by atoms with van der Waals surface area (Å²) in [5.41, 5.74) is 0. The molecule has 2 aliphatic rings. The second-order valence-corrected chi connectivity index (χ2v) is 4.46. The summed E-state index contributed by atoms with van der Waals surface area (Å²) in [5, 5.41) is 0. The molecule has 0 spiro atoms.